The molecule has 5 heteroatoms. The van der Waals surface area contributed by atoms with E-state index in [0.29, 0.717) is 18.7 Å². The van der Waals surface area contributed by atoms with Crippen molar-refractivity contribution in [1.29, 1.82) is 0 Å². The van der Waals surface area contributed by atoms with E-state index in [1.807, 2.05) is 6.92 Å². The summed E-state index contributed by atoms with van der Waals surface area (Å²) in [7, 11) is 0. The first-order valence-corrected chi connectivity index (χ1v) is 7.84. The van der Waals surface area contributed by atoms with Crippen LogP contribution < -0.4 is 0 Å². The maximum Gasteiger partial charge on any atom is 0.309 e. The average Bonchev–Trinajstić information content (AvgIpc) is 2.51. The van der Waals surface area contributed by atoms with Gasteiger partial charge in [0.25, 0.3) is 0 Å². The van der Waals surface area contributed by atoms with Crippen LogP contribution >= 0.6 is 0 Å². The zero-order valence-electron chi connectivity index (χ0n) is 13.2. The molecular weight excluding hydrogens is 285 g/mol. The smallest absolute Gasteiger partial charge is 0.309 e. The van der Waals surface area contributed by atoms with E-state index in [4.69, 9.17) is 4.74 Å². The van der Waals surface area contributed by atoms with Crippen molar-refractivity contribution in [3.63, 3.8) is 0 Å². The van der Waals surface area contributed by atoms with Gasteiger partial charge in [0.1, 0.15) is 5.82 Å². The number of benzene rings is 1. The number of hydrogen-bond donors (Lipinski definition) is 1. The molecule has 122 valence electrons. The second-order valence-electron chi connectivity index (χ2n) is 5.85. The number of β-amino-alcohol motifs (C(OH)–C–C–N with tert-alkyl or cyclic N) is 1. The van der Waals surface area contributed by atoms with Gasteiger partial charge < -0.3 is 14.7 Å². The third kappa shape index (κ3) is 4.27. The molecule has 1 atom stereocenters. The van der Waals surface area contributed by atoms with E-state index < -0.39 is 6.10 Å². The van der Waals surface area contributed by atoms with Crippen molar-refractivity contribution >= 4 is 5.97 Å². The monoisotopic (exact) mass is 309 g/mol. The largest absolute Gasteiger partial charge is 0.466 e. The van der Waals surface area contributed by atoms with Crippen LogP contribution in [0.5, 0.6) is 0 Å². The van der Waals surface area contributed by atoms with E-state index in [1.165, 1.54) is 6.07 Å². The van der Waals surface area contributed by atoms with Crippen molar-refractivity contribution in [3.8, 4) is 0 Å². The lowest BCUT2D eigenvalue weighted by molar-refractivity contribution is -0.149. The summed E-state index contributed by atoms with van der Waals surface area (Å²) in [6, 6.07) is 4.70. The highest BCUT2D eigenvalue weighted by Crippen LogP contribution is 2.22. The number of rotatable bonds is 5. The van der Waals surface area contributed by atoms with Crippen LogP contribution in [-0.2, 0) is 9.53 Å². The Balaban J connectivity index is 1.85. The van der Waals surface area contributed by atoms with E-state index in [-0.39, 0.29) is 17.7 Å². The van der Waals surface area contributed by atoms with Crippen LogP contribution in [0.25, 0.3) is 0 Å². The molecule has 22 heavy (non-hydrogen) atoms. The molecule has 1 fully saturated rings. The van der Waals surface area contributed by atoms with Gasteiger partial charge in [-0.3, -0.25) is 4.79 Å². The van der Waals surface area contributed by atoms with Crippen molar-refractivity contribution in [2.45, 2.75) is 32.8 Å². The lowest BCUT2D eigenvalue weighted by atomic mass is 9.96. The standard InChI is InChI=1S/C17H24FNO3/c1-3-22-17(21)13-6-8-19(9-7-13)11-16(20)14-4-5-15(18)12(2)10-14/h4-5,10,13,16,20H,3,6-9,11H2,1-2H3. The lowest BCUT2D eigenvalue weighted by Gasteiger charge is -2.32. The molecule has 1 aliphatic rings. The summed E-state index contributed by atoms with van der Waals surface area (Å²) >= 11 is 0. The highest BCUT2D eigenvalue weighted by Gasteiger charge is 2.27. The normalized spacial score (nSPS) is 18.2. The third-order valence-corrected chi connectivity index (χ3v) is 4.21. The number of hydrogen-bond acceptors (Lipinski definition) is 4. The van der Waals surface area contributed by atoms with Gasteiger partial charge in [-0.1, -0.05) is 12.1 Å². The van der Waals surface area contributed by atoms with Gasteiger partial charge in [-0.15, -0.1) is 0 Å². The molecule has 0 radical (unpaired) electrons. The Morgan fingerprint density at radius 1 is 1.45 bits per heavy atom. The summed E-state index contributed by atoms with van der Waals surface area (Å²) in [5.41, 5.74) is 1.27. The molecule has 1 N–H and O–H groups in total. The Labute approximate surface area is 130 Å². The maximum atomic E-state index is 13.3. The van der Waals surface area contributed by atoms with Crippen molar-refractivity contribution in [3.05, 3.63) is 35.1 Å². The second-order valence-corrected chi connectivity index (χ2v) is 5.85. The first-order chi connectivity index (χ1) is 10.5. The van der Waals surface area contributed by atoms with Crippen molar-refractivity contribution < 1.29 is 19.0 Å². The Hall–Kier alpha value is -1.46. The predicted molar refractivity (Wildman–Crippen MR) is 81.9 cm³/mol. The third-order valence-electron chi connectivity index (χ3n) is 4.21. The Morgan fingerprint density at radius 2 is 2.14 bits per heavy atom. The number of aryl methyl sites for hydroxylation is 1. The van der Waals surface area contributed by atoms with Crippen LogP contribution in [0.15, 0.2) is 18.2 Å². The first kappa shape index (κ1) is 16.9. The summed E-state index contributed by atoms with van der Waals surface area (Å²) in [5.74, 6) is -0.399. The fourth-order valence-corrected chi connectivity index (χ4v) is 2.84. The van der Waals surface area contributed by atoms with Gasteiger partial charge in [0.2, 0.25) is 0 Å². The van der Waals surface area contributed by atoms with Gasteiger partial charge in [0, 0.05) is 6.54 Å². The van der Waals surface area contributed by atoms with Crippen molar-refractivity contribution in [2.24, 2.45) is 5.92 Å². The van der Waals surface area contributed by atoms with E-state index >= 15 is 0 Å². The molecule has 0 spiro atoms. The van der Waals surface area contributed by atoms with Crippen molar-refractivity contribution in [1.82, 2.24) is 4.90 Å². The summed E-state index contributed by atoms with van der Waals surface area (Å²) in [6.07, 6.45) is 0.876. The van der Waals surface area contributed by atoms with Crippen molar-refractivity contribution in [2.75, 3.05) is 26.2 Å². The molecule has 1 unspecified atom stereocenters. The van der Waals surface area contributed by atoms with Crippen LogP contribution in [-0.4, -0.2) is 42.2 Å². The predicted octanol–water partition coefficient (Wildman–Crippen LogP) is 2.44. The first-order valence-electron chi connectivity index (χ1n) is 7.84. The number of aliphatic hydroxyl groups excluding tert-OH is 1. The van der Waals surface area contributed by atoms with Crippen LogP contribution in [0.3, 0.4) is 0 Å². The summed E-state index contributed by atoms with van der Waals surface area (Å²) in [5, 5.41) is 10.3. The zero-order chi connectivity index (χ0) is 16.1. The minimum absolute atomic E-state index is 0.0265. The summed E-state index contributed by atoms with van der Waals surface area (Å²) in [6.45, 7) is 5.95. The highest BCUT2D eigenvalue weighted by molar-refractivity contribution is 5.72. The fraction of sp³-hybridized carbons (Fsp3) is 0.588. The summed E-state index contributed by atoms with van der Waals surface area (Å²) in [4.78, 5) is 13.8. The Kier molecular flexibility index (Phi) is 5.91. The average molecular weight is 309 g/mol. The van der Waals surface area contributed by atoms with E-state index in [2.05, 4.69) is 4.90 Å². The van der Waals surface area contributed by atoms with E-state index in [9.17, 15) is 14.3 Å². The van der Waals surface area contributed by atoms with E-state index in [1.54, 1.807) is 19.1 Å². The number of aliphatic hydroxyl groups is 1. The molecule has 1 aromatic carbocycles. The number of nitrogens with zero attached hydrogens (tertiary/aromatic N) is 1. The molecular formula is C17H24FNO3. The SMILES string of the molecule is CCOC(=O)C1CCN(CC(O)c2ccc(F)c(C)c2)CC1. The number of likely N-dealkylation sites (tertiary alicyclic amines) is 1. The number of ether oxygens (including phenoxy) is 1. The Bertz CT molecular complexity index is 513. The van der Waals surface area contributed by atoms with E-state index in [0.717, 1.165) is 31.5 Å². The number of halogens is 1. The van der Waals surface area contributed by atoms with Gasteiger partial charge in [-0.05, 0) is 57.0 Å². The molecule has 1 aliphatic heterocycles. The van der Waals surface area contributed by atoms with Gasteiger partial charge in [0.05, 0.1) is 18.6 Å². The molecule has 0 aliphatic carbocycles. The number of carbonyl (C=O) groups is 1. The Morgan fingerprint density at radius 3 is 2.73 bits per heavy atom. The molecule has 0 amide bonds. The lowest BCUT2D eigenvalue weighted by Crippen LogP contribution is -2.39. The molecule has 0 saturated carbocycles. The van der Waals surface area contributed by atoms with Gasteiger partial charge >= 0.3 is 5.97 Å². The molecule has 1 aromatic rings. The minimum atomic E-state index is -0.640. The van der Waals surface area contributed by atoms with Gasteiger partial charge in [-0.2, -0.15) is 0 Å². The van der Waals surface area contributed by atoms with Gasteiger partial charge in [-0.25, -0.2) is 4.39 Å². The molecule has 1 heterocycles. The van der Waals surface area contributed by atoms with Crippen LogP contribution in [0.4, 0.5) is 4.39 Å². The van der Waals surface area contributed by atoms with Crippen LogP contribution in [0.2, 0.25) is 0 Å². The number of piperidine rings is 1. The second kappa shape index (κ2) is 7.70. The topological polar surface area (TPSA) is 49.8 Å². The fourth-order valence-electron chi connectivity index (χ4n) is 2.84. The van der Waals surface area contributed by atoms with Crippen LogP contribution in [0.1, 0.15) is 37.0 Å². The van der Waals surface area contributed by atoms with Gasteiger partial charge in [0.15, 0.2) is 0 Å². The number of esters is 1. The maximum absolute atomic E-state index is 13.3. The molecule has 0 aromatic heterocycles. The zero-order valence-corrected chi connectivity index (χ0v) is 13.2. The number of carbonyl (C=O) groups excluding carboxylic acids is 1. The molecule has 0 bridgehead atoms. The molecule has 1 saturated heterocycles. The molecule has 2 rings (SSSR count). The molecule has 4 nitrogen and oxygen atoms in total. The van der Waals surface area contributed by atoms with Crippen LogP contribution in [0, 0.1) is 18.7 Å². The quantitative estimate of drug-likeness (QED) is 0.849. The summed E-state index contributed by atoms with van der Waals surface area (Å²) < 4.78 is 18.3. The highest BCUT2D eigenvalue weighted by atomic mass is 19.1. The minimum Gasteiger partial charge on any atom is -0.466 e.